The van der Waals surface area contributed by atoms with Gasteiger partial charge in [0.05, 0.1) is 19.7 Å². The Morgan fingerprint density at radius 3 is 2.33 bits per heavy atom. The van der Waals surface area contributed by atoms with Gasteiger partial charge >= 0.3 is 0 Å². The summed E-state index contributed by atoms with van der Waals surface area (Å²) in [6.07, 6.45) is 3.79. The zero-order valence-electron chi connectivity index (χ0n) is 19.0. The van der Waals surface area contributed by atoms with Crippen LogP contribution in [0.2, 0.25) is 0 Å². The molecule has 1 fully saturated rings. The first kappa shape index (κ1) is 24.0. The Bertz CT molecular complexity index is 654. The molecule has 0 aromatic heterocycles. The molecule has 0 radical (unpaired) electrons. The van der Waals surface area contributed by atoms with Gasteiger partial charge in [0.1, 0.15) is 5.75 Å². The number of ether oxygens (including phenoxy) is 1. The summed E-state index contributed by atoms with van der Waals surface area (Å²) < 4.78 is 5.32. The summed E-state index contributed by atoms with van der Waals surface area (Å²) >= 11 is 0. The van der Waals surface area contributed by atoms with Gasteiger partial charge in [-0.1, -0.05) is 32.4 Å². The van der Waals surface area contributed by atoms with Crippen LogP contribution in [0.1, 0.15) is 51.6 Å². The van der Waals surface area contributed by atoms with Crippen LogP contribution in [0.5, 0.6) is 5.75 Å². The maximum Gasteiger partial charge on any atom is 0.222 e. The Balaban J connectivity index is 2.02. The van der Waals surface area contributed by atoms with Crippen molar-refractivity contribution in [1.29, 1.82) is 0 Å². The Labute approximate surface area is 181 Å². The molecule has 0 spiro atoms. The molecule has 7 heteroatoms. The highest BCUT2D eigenvalue weighted by Gasteiger charge is 2.22. The van der Waals surface area contributed by atoms with Crippen LogP contribution in [-0.2, 0) is 4.79 Å². The van der Waals surface area contributed by atoms with Gasteiger partial charge in [0.15, 0.2) is 5.96 Å². The van der Waals surface area contributed by atoms with Crippen LogP contribution in [0.25, 0.3) is 0 Å². The lowest BCUT2D eigenvalue weighted by atomic mass is 10.0. The van der Waals surface area contributed by atoms with Crippen molar-refractivity contribution in [3.05, 3.63) is 29.8 Å². The van der Waals surface area contributed by atoms with Crippen molar-refractivity contribution in [3.8, 4) is 5.75 Å². The average molecular weight is 418 g/mol. The van der Waals surface area contributed by atoms with Gasteiger partial charge in [-0.2, -0.15) is 0 Å². The third-order valence-electron chi connectivity index (χ3n) is 5.34. The monoisotopic (exact) mass is 417 g/mol. The fourth-order valence-corrected chi connectivity index (χ4v) is 3.58. The first-order valence-corrected chi connectivity index (χ1v) is 11.2. The molecule has 1 aromatic carbocycles. The van der Waals surface area contributed by atoms with Crippen molar-refractivity contribution in [2.75, 3.05) is 46.4 Å². The minimum atomic E-state index is 0.00158. The number of hydrogen-bond acceptors (Lipinski definition) is 4. The normalized spacial score (nSPS) is 16.2. The largest absolute Gasteiger partial charge is 0.497 e. The van der Waals surface area contributed by atoms with Crippen molar-refractivity contribution in [2.24, 2.45) is 10.9 Å². The van der Waals surface area contributed by atoms with Crippen LogP contribution in [0.3, 0.4) is 0 Å². The maximum absolute atomic E-state index is 11.7. The fourth-order valence-electron chi connectivity index (χ4n) is 3.58. The number of nitrogens with one attached hydrogen (secondary N) is 3. The average Bonchev–Trinajstić information content (AvgIpc) is 2.77. The Hall–Kier alpha value is -2.28. The molecule has 1 unspecified atom stereocenters. The number of aliphatic imine (C=N–C) groups is 1. The topological polar surface area (TPSA) is 78.0 Å². The second kappa shape index (κ2) is 13.1. The molecule has 1 aliphatic heterocycles. The zero-order chi connectivity index (χ0) is 21.8. The lowest BCUT2D eigenvalue weighted by Crippen LogP contribution is -2.43. The van der Waals surface area contributed by atoms with Gasteiger partial charge in [-0.3, -0.25) is 14.7 Å². The SMILES string of the molecule is CCNC(=NCC(c1ccc(OC)cc1)N1CCCCC1)NCCNC(=O)C(C)C. The summed E-state index contributed by atoms with van der Waals surface area (Å²) in [6, 6.07) is 8.59. The first-order valence-electron chi connectivity index (χ1n) is 11.2. The zero-order valence-corrected chi connectivity index (χ0v) is 19.0. The van der Waals surface area contributed by atoms with E-state index in [4.69, 9.17) is 9.73 Å². The summed E-state index contributed by atoms with van der Waals surface area (Å²) in [5, 5.41) is 9.57. The van der Waals surface area contributed by atoms with E-state index < -0.39 is 0 Å². The number of carbonyl (C=O) groups excluding carboxylic acids is 1. The molecule has 7 nitrogen and oxygen atoms in total. The number of benzene rings is 1. The van der Waals surface area contributed by atoms with Crippen LogP contribution in [0, 0.1) is 5.92 Å². The van der Waals surface area contributed by atoms with E-state index in [9.17, 15) is 4.79 Å². The quantitative estimate of drug-likeness (QED) is 0.310. The smallest absolute Gasteiger partial charge is 0.222 e. The van der Waals surface area contributed by atoms with Crippen LogP contribution in [0.4, 0.5) is 0 Å². The van der Waals surface area contributed by atoms with E-state index >= 15 is 0 Å². The van der Waals surface area contributed by atoms with E-state index in [2.05, 4.69) is 39.9 Å². The third-order valence-corrected chi connectivity index (χ3v) is 5.34. The molecule has 1 saturated heterocycles. The Kier molecular flexibility index (Phi) is 10.5. The molecule has 1 amide bonds. The molecule has 1 aliphatic rings. The van der Waals surface area contributed by atoms with Crippen LogP contribution in [-0.4, -0.2) is 63.1 Å². The summed E-state index contributed by atoms with van der Waals surface area (Å²) in [7, 11) is 1.69. The van der Waals surface area contributed by atoms with E-state index in [0.29, 0.717) is 19.6 Å². The second-order valence-corrected chi connectivity index (χ2v) is 7.98. The van der Waals surface area contributed by atoms with Crippen molar-refractivity contribution in [2.45, 2.75) is 46.1 Å². The number of likely N-dealkylation sites (tertiary alicyclic amines) is 1. The minimum absolute atomic E-state index is 0.00158. The molecule has 3 N–H and O–H groups in total. The van der Waals surface area contributed by atoms with Crippen molar-refractivity contribution in [3.63, 3.8) is 0 Å². The number of guanidine groups is 1. The lowest BCUT2D eigenvalue weighted by Gasteiger charge is -2.34. The highest BCUT2D eigenvalue weighted by Crippen LogP contribution is 2.26. The highest BCUT2D eigenvalue weighted by molar-refractivity contribution is 5.80. The number of nitrogens with zero attached hydrogens (tertiary/aromatic N) is 2. The van der Waals surface area contributed by atoms with Crippen LogP contribution < -0.4 is 20.7 Å². The summed E-state index contributed by atoms with van der Waals surface area (Å²) in [5.41, 5.74) is 1.27. The summed E-state index contributed by atoms with van der Waals surface area (Å²) in [5.74, 6) is 1.73. The van der Waals surface area contributed by atoms with Crippen LogP contribution in [0.15, 0.2) is 29.3 Å². The van der Waals surface area contributed by atoms with E-state index in [-0.39, 0.29) is 17.9 Å². The molecule has 0 aliphatic carbocycles. The molecular weight excluding hydrogens is 378 g/mol. The number of carbonyl (C=O) groups is 1. The Morgan fingerprint density at radius 1 is 1.07 bits per heavy atom. The standard InChI is InChI=1S/C23H39N5O2/c1-5-24-23(26-14-13-25-22(29)18(2)3)27-17-21(28-15-7-6-8-16-28)19-9-11-20(30-4)12-10-19/h9-12,18,21H,5-8,13-17H2,1-4H3,(H,25,29)(H2,24,26,27). The van der Waals surface area contributed by atoms with E-state index in [1.807, 2.05) is 26.0 Å². The van der Waals surface area contributed by atoms with E-state index in [1.165, 1.54) is 24.8 Å². The molecule has 0 bridgehead atoms. The van der Waals surface area contributed by atoms with Crippen molar-refractivity contribution in [1.82, 2.24) is 20.9 Å². The van der Waals surface area contributed by atoms with Gasteiger partial charge in [-0.05, 0) is 50.6 Å². The summed E-state index contributed by atoms with van der Waals surface area (Å²) in [4.78, 5) is 19.1. The van der Waals surface area contributed by atoms with Gasteiger partial charge in [-0.25, -0.2) is 0 Å². The van der Waals surface area contributed by atoms with Gasteiger partial charge in [0.25, 0.3) is 0 Å². The molecule has 168 valence electrons. The number of methoxy groups -OCH3 is 1. The van der Waals surface area contributed by atoms with E-state index in [1.54, 1.807) is 7.11 Å². The number of piperidine rings is 1. The van der Waals surface area contributed by atoms with Crippen molar-refractivity contribution < 1.29 is 9.53 Å². The molecule has 1 aromatic rings. The molecule has 2 rings (SSSR count). The van der Waals surface area contributed by atoms with Crippen LogP contribution >= 0.6 is 0 Å². The highest BCUT2D eigenvalue weighted by atomic mass is 16.5. The molecule has 1 heterocycles. The van der Waals surface area contributed by atoms with Crippen molar-refractivity contribution >= 4 is 11.9 Å². The Morgan fingerprint density at radius 2 is 1.73 bits per heavy atom. The fraction of sp³-hybridized carbons (Fsp3) is 0.652. The summed E-state index contributed by atoms with van der Waals surface area (Å²) in [6.45, 7) is 10.8. The van der Waals surface area contributed by atoms with Gasteiger partial charge in [-0.15, -0.1) is 0 Å². The lowest BCUT2D eigenvalue weighted by molar-refractivity contribution is -0.123. The van der Waals surface area contributed by atoms with E-state index in [0.717, 1.165) is 31.3 Å². The number of amides is 1. The van der Waals surface area contributed by atoms with Gasteiger partial charge in [0, 0.05) is 25.6 Å². The molecular formula is C23H39N5O2. The molecule has 0 saturated carbocycles. The number of hydrogen-bond donors (Lipinski definition) is 3. The first-order chi connectivity index (χ1) is 14.5. The van der Waals surface area contributed by atoms with Gasteiger partial charge in [0.2, 0.25) is 5.91 Å². The predicted molar refractivity (Wildman–Crippen MR) is 123 cm³/mol. The predicted octanol–water partition coefficient (Wildman–Crippen LogP) is 2.55. The minimum Gasteiger partial charge on any atom is -0.497 e. The number of rotatable bonds is 10. The van der Waals surface area contributed by atoms with Gasteiger partial charge < -0.3 is 20.7 Å². The second-order valence-electron chi connectivity index (χ2n) is 7.98. The molecule has 1 atom stereocenters. The third kappa shape index (κ3) is 7.86. The maximum atomic E-state index is 11.7. The molecule has 30 heavy (non-hydrogen) atoms.